The van der Waals surface area contributed by atoms with Gasteiger partial charge in [-0.25, -0.2) is 0 Å². The lowest BCUT2D eigenvalue weighted by Crippen LogP contribution is -2.48. The highest BCUT2D eigenvalue weighted by molar-refractivity contribution is 6.33. The van der Waals surface area contributed by atoms with Crippen LogP contribution in [0.2, 0.25) is 5.02 Å². The van der Waals surface area contributed by atoms with E-state index in [4.69, 9.17) is 11.6 Å². The van der Waals surface area contributed by atoms with Crippen LogP contribution >= 0.6 is 11.6 Å². The van der Waals surface area contributed by atoms with Gasteiger partial charge in [-0.3, -0.25) is 4.79 Å². The highest BCUT2D eigenvalue weighted by Crippen LogP contribution is 2.25. The van der Waals surface area contributed by atoms with Gasteiger partial charge in [0, 0.05) is 36.8 Å². The van der Waals surface area contributed by atoms with E-state index in [2.05, 4.69) is 11.8 Å². The monoisotopic (exact) mass is 354 g/mol. The van der Waals surface area contributed by atoms with Gasteiger partial charge in [-0.2, -0.15) is 0 Å². The first-order chi connectivity index (χ1) is 12.2. The Kier molecular flexibility index (Phi) is 5.90. The van der Waals surface area contributed by atoms with E-state index >= 15 is 0 Å². The highest BCUT2D eigenvalue weighted by Gasteiger charge is 2.23. The van der Waals surface area contributed by atoms with Gasteiger partial charge >= 0.3 is 0 Å². The predicted molar refractivity (Wildman–Crippen MR) is 104 cm³/mol. The summed E-state index contributed by atoms with van der Waals surface area (Å²) in [5, 5.41) is 0.652. The van der Waals surface area contributed by atoms with Crippen molar-refractivity contribution in [2.45, 2.75) is 6.92 Å². The number of carbonyl (C=O) groups is 1. The molecule has 2 aromatic rings. The molecule has 1 heterocycles. The Hall–Kier alpha value is -2.10. The van der Waals surface area contributed by atoms with E-state index in [9.17, 15) is 4.79 Å². The number of benzene rings is 2. The van der Waals surface area contributed by atoms with Gasteiger partial charge in [0.2, 0.25) is 0 Å². The standard InChI is InChI=1S/C21H23ClN2O/c1-2-23-12-14-24(15-13-23)21(25)19(17-8-4-3-5-9-17)16-18-10-6-7-11-20(18)22/h3-11,16H,2,12-15H2,1H3/b19-16+. The molecule has 2 aromatic carbocycles. The van der Waals surface area contributed by atoms with Crippen molar-refractivity contribution >= 4 is 29.2 Å². The van der Waals surface area contributed by atoms with Gasteiger partial charge < -0.3 is 9.80 Å². The molecule has 0 spiro atoms. The third-order valence-electron chi connectivity index (χ3n) is 4.63. The second kappa shape index (κ2) is 8.32. The van der Waals surface area contributed by atoms with Crippen molar-refractivity contribution in [3.8, 4) is 0 Å². The van der Waals surface area contributed by atoms with Crippen LogP contribution in [0.4, 0.5) is 0 Å². The minimum atomic E-state index is 0.0712. The summed E-state index contributed by atoms with van der Waals surface area (Å²) in [6.07, 6.45) is 1.91. The van der Waals surface area contributed by atoms with Crippen LogP contribution in [0.15, 0.2) is 54.6 Å². The van der Waals surface area contributed by atoms with Gasteiger partial charge in [-0.1, -0.05) is 67.1 Å². The quantitative estimate of drug-likeness (QED) is 0.611. The number of hydrogen-bond donors (Lipinski definition) is 0. The molecule has 1 saturated heterocycles. The normalized spacial score (nSPS) is 16.1. The largest absolute Gasteiger partial charge is 0.336 e. The van der Waals surface area contributed by atoms with Crippen LogP contribution in [-0.4, -0.2) is 48.4 Å². The number of halogens is 1. The Bertz CT molecular complexity index is 750. The van der Waals surface area contributed by atoms with E-state index in [1.54, 1.807) is 0 Å². The molecular weight excluding hydrogens is 332 g/mol. The topological polar surface area (TPSA) is 23.6 Å². The molecule has 0 aliphatic carbocycles. The lowest BCUT2D eigenvalue weighted by Gasteiger charge is -2.34. The number of piperazine rings is 1. The van der Waals surface area contributed by atoms with E-state index < -0.39 is 0 Å². The zero-order chi connectivity index (χ0) is 17.6. The number of likely N-dealkylation sites (N-methyl/N-ethyl adjacent to an activating group) is 1. The molecule has 1 aliphatic rings. The molecule has 0 unspecified atom stereocenters. The van der Waals surface area contributed by atoms with Gasteiger partial charge in [0.25, 0.3) is 5.91 Å². The van der Waals surface area contributed by atoms with Crippen LogP contribution in [0.1, 0.15) is 18.1 Å². The average Bonchev–Trinajstić information content (AvgIpc) is 2.67. The van der Waals surface area contributed by atoms with E-state index in [1.807, 2.05) is 65.6 Å². The predicted octanol–water partition coefficient (Wildman–Crippen LogP) is 4.04. The van der Waals surface area contributed by atoms with Gasteiger partial charge in [0.05, 0.1) is 0 Å². The fourth-order valence-electron chi connectivity index (χ4n) is 3.07. The zero-order valence-electron chi connectivity index (χ0n) is 14.5. The van der Waals surface area contributed by atoms with E-state index in [1.165, 1.54) is 0 Å². The van der Waals surface area contributed by atoms with Crippen molar-refractivity contribution < 1.29 is 4.79 Å². The maximum Gasteiger partial charge on any atom is 0.254 e. The summed E-state index contributed by atoms with van der Waals surface area (Å²) in [5.74, 6) is 0.0712. The molecule has 1 aliphatic heterocycles. The molecule has 1 fully saturated rings. The lowest BCUT2D eigenvalue weighted by atomic mass is 10.0. The molecule has 1 amide bonds. The number of nitrogens with zero attached hydrogens (tertiary/aromatic N) is 2. The summed E-state index contributed by atoms with van der Waals surface area (Å²) in [4.78, 5) is 17.5. The molecule has 0 aromatic heterocycles. The van der Waals surface area contributed by atoms with Crippen LogP contribution in [0, 0.1) is 0 Å². The summed E-state index contributed by atoms with van der Waals surface area (Å²) in [6, 6.07) is 17.4. The fraction of sp³-hybridized carbons (Fsp3) is 0.286. The molecule has 3 rings (SSSR count). The van der Waals surface area contributed by atoms with E-state index in [-0.39, 0.29) is 5.91 Å². The Labute approximate surface area is 154 Å². The van der Waals surface area contributed by atoms with Gasteiger partial charge in [0.15, 0.2) is 0 Å². The third kappa shape index (κ3) is 4.30. The molecule has 0 radical (unpaired) electrons. The summed E-state index contributed by atoms with van der Waals surface area (Å²) >= 11 is 6.31. The summed E-state index contributed by atoms with van der Waals surface area (Å²) < 4.78 is 0. The van der Waals surface area contributed by atoms with Crippen molar-refractivity contribution in [3.05, 3.63) is 70.7 Å². The van der Waals surface area contributed by atoms with E-state index in [0.29, 0.717) is 10.6 Å². The minimum absolute atomic E-state index is 0.0712. The molecule has 0 atom stereocenters. The van der Waals surface area contributed by atoms with Crippen LogP contribution in [0.3, 0.4) is 0 Å². The number of hydrogen-bond acceptors (Lipinski definition) is 2. The summed E-state index contributed by atoms with van der Waals surface area (Å²) in [7, 11) is 0. The Morgan fingerprint density at radius 3 is 2.28 bits per heavy atom. The van der Waals surface area contributed by atoms with Crippen LogP contribution in [0.5, 0.6) is 0 Å². The molecule has 0 bridgehead atoms. The van der Waals surface area contributed by atoms with Crippen LogP contribution < -0.4 is 0 Å². The number of amides is 1. The van der Waals surface area contributed by atoms with Crippen molar-refractivity contribution in [3.63, 3.8) is 0 Å². The van der Waals surface area contributed by atoms with Gasteiger partial charge in [0.1, 0.15) is 0 Å². The zero-order valence-corrected chi connectivity index (χ0v) is 15.2. The Morgan fingerprint density at radius 2 is 1.64 bits per heavy atom. The van der Waals surface area contributed by atoms with E-state index in [0.717, 1.165) is 43.9 Å². The maximum atomic E-state index is 13.2. The molecular formula is C21H23ClN2O. The Balaban J connectivity index is 1.92. The Morgan fingerprint density at radius 1 is 1.00 bits per heavy atom. The number of carbonyl (C=O) groups excluding carboxylic acids is 1. The maximum absolute atomic E-state index is 13.2. The molecule has 25 heavy (non-hydrogen) atoms. The molecule has 3 nitrogen and oxygen atoms in total. The minimum Gasteiger partial charge on any atom is -0.336 e. The first kappa shape index (κ1) is 17.7. The fourth-order valence-corrected chi connectivity index (χ4v) is 3.26. The molecule has 130 valence electrons. The van der Waals surface area contributed by atoms with Crippen molar-refractivity contribution in [1.82, 2.24) is 9.80 Å². The average molecular weight is 355 g/mol. The van der Waals surface area contributed by atoms with Crippen molar-refractivity contribution in [2.75, 3.05) is 32.7 Å². The first-order valence-electron chi connectivity index (χ1n) is 8.72. The second-order valence-electron chi connectivity index (χ2n) is 6.17. The third-order valence-corrected chi connectivity index (χ3v) is 4.97. The number of rotatable bonds is 4. The van der Waals surface area contributed by atoms with Crippen molar-refractivity contribution in [2.24, 2.45) is 0 Å². The van der Waals surface area contributed by atoms with Gasteiger partial charge in [-0.15, -0.1) is 0 Å². The molecule has 0 N–H and O–H groups in total. The van der Waals surface area contributed by atoms with Gasteiger partial charge in [-0.05, 0) is 29.8 Å². The summed E-state index contributed by atoms with van der Waals surface area (Å²) in [6.45, 7) is 6.57. The SMILES string of the molecule is CCN1CCN(C(=O)/C(=C/c2ccccc2Cl)c2ccccc2)CC1. The second-order valence-corrected chi connectivity index (χ2v) is 6.58. The molecule has 0 saturated carbocycles. The van der Waals surface area contributed by atoms with Crippen LogP contribution in [0.25, 0.3) is 11.6 Å². The first-order valence-corrected chi connectivity index (χ1v) is 9.10. The summed E-state index contributed by atoms with van der Waals surface area (Å²) in [5.41, 5.74) is 2.48. The molecule has 4 heteroatoms. The smallest absolute Gasteiger partial charge is 0.254 e. The lowest BCUT2D eigenvalue weighted by molar-refractivity contribution is -0.126. The van der Waals surface area contributed by atoms with Crippen LogP contribution in [-0.2, 0) is 4.79 Å². The van der Waals surface area contributed by atoms with Crippen molar-refractivity contribution in [1.29, 1.82) is 0 Å². The highest BCUT2D eigenvalue weighted by atomic mass is 35.5.